The lowest BCUT2D eigenvalue weighted by Crippen LogP contribution is -2.23. The lowest BCUT2D eigenvalue weighted by molar-refractivity contribution is 0.185. The fourth-order valence-electron chi connectivity index (χ4n) is 0.778. The maximum absolute atomic E-state index is 11.1. The van der Waals surface area contributed by atoms with Crippen LogP contribution in [0.4, 0.5) is 0 Å². The van der Waals surface area contributed by atoms with Gasteiger partial charge in [-0.05, 0) is 15.9 Å². The molecule has 1 aromatic rings. The summed E-state index contributed by atoms with van der Waals surface area (Å²) in [5.41, 5.74) is -0.254. The SMILES string of the molecule is COCCn1cc(Br)cnc1=O. The molecule has 0 saturated heterocycles. The molecule has 5 heteroatoms. The number of hydrogen-bond acceptors (Lipinski definition) is 3. The molecule has 0 bridgehead atoms. The highest BCUT2D eigenvalue weighted by molar-refractivity contribution is 9.10. The fourth-order valence-corrected chi connectivity index (χ4v) is 1.13. The molecule has 0 saturated carbocycles. The first-order valence-corrected chi connectivity index (χ1v) is 4.24. The summed E-state index contributed by atoms with van der Waals surface area (Å²) in [5, 5.41) is 0. The molecule has 0 aromatic carbocycles. The zero-order valence-electron chi connectivity index (χ0n) is 6.66. The van der Waals surface area contributed by atoms with Crippen LogP contribution in [-0.2, 0) is 11.3 Å². The van der Waals surface area contributed by atoms with Crippen LogP contribution in [0.3, 0.4) is 0 Å². The van der Waals surface area contributed by atoms with Gasteiger partial charge in [-0.2, -0.15) is 0 Å². The van der Waals surface area contributed by atoms with Crippen LogP contribution < -0.4 is 5.69 Å². The summed E-state index contributed by atoms with van der Waals surface area (Å²) in [4.78, 5) is 14.7. The summed E-state index contributed by atoms with van der Waals surface area (Å²) in [5.74, 6) is 0. The van der Waals surface area contributed by atoms with Crippen molar-refractivity contribution in [2.24, 2.45) is 0 Å². The van der Waals surface area contributed by atoms with Gasteiger partial charge in [0.05, 0.1) is 17.6 Å². The third-order valence-electron chi connectivity index (χ3n) is 1.36. The predicted molar refractivity (Wildman–Crippen MR) is 48.1 cm³/mol. The van der Waals surface area contributed by atoms with Crippen LogP contribution in [0.5, 0.6) is 0 Å². The third kappa shape index (κ3) is 2.42. The molecule has 0 aliphatic rings. The highest BCUT2D eigenvalue weighted by Gasteiger charge is 1.96. The van der Waals surface area contributed by atoms with E-state index >= 15 is 0 Å². The number of aromatic nitrogens is 2. The van der Waals surface area contributed by atoms with Crippen LogP contribution >= 0.6 is 15.9 Å². The highest BCUT2D eigenvalue weighted by atomic mass is 79.9. The van der Waals surface area contributed by atoms with Crippen molar-refractivity contribution >= 4 is 15.9 Å². The largest absolute Gasteiger partial charge is 0.383 e. The van der Waals surface area contributed by atoms with Crippen molar-refractivity contribution in [1.82, 2.24) is 9.55 Å². The van der Waals surface area contributed by atoms with Crippen LogP contribution in [0, 0.1) is 0 Å². The number of halogens is 1. The Bertz CT molecular complexity index is 311. The van der Waals surface area contributed by atoms with E-state index in [0.29, 0.717) is 13.2 Å². The molecule has 4 nitrogen and oxygen atoms in total. The van der Waals surface area contributed by atoms with Crippen LogP contribution in [-0.4, -0.2) is 23.3 Å². The van der Waals surface area contributed by atoms with Crippen LogP contribution in [0.25, 0.3) is 0 Å². The van der Waals surface area contributed by atoms with Gasteiger partial charge in [0.1, 0.15) is 0 Å². The standard InChI is InChI=1S/C7H9BrN2O2/c1-12-3-2-10-5-6(8)4-9-7(10)11/h4-5H,2-3H2,1H3. The van der Waals surface area contributed by atoms with Gasteiger partial charge in [0, 0.05) is 19.5 Å². The first kappa shape index (κ1) is 9.41. The summed E-state index contributed by atoms with van der Waals surface area (Å²) in [6.07, 6.45) is 3.17. The van der Waals surface area contributed by atoms with Crippen molar-refractivity contribution in [3.05, 3.63) is 27.4 Å². The number of rotatable bonds is 3. The Balaban J connectivity index is 2.83. The normalized spacial score (nSPS) is 10.2. The van der Waals surface area contributed by atoms with Gasteiger partial charge in [0.15, 0.2) is 0 Å². The number of hydrogen-bond donors (Lipinski definition) is 0. The Morgan fingerprint density at radius 1 is 1.75 bits per heavy atom. The molecule has 0 amide bonds. The van der Waals surface area contributed by atoms with Crippen molar-refractivity contribution in [2.45, 2.75) is 6.54 Å². The summed E-state index contributed by atoms with van der Waals surface area (Å²) < 4.78 is 7.12. The average molecular weight is 233 g/mol. The number of ether oxygens (including phenoxy) is 1. The Morgan fingerprint density at radius 3 is 3.17 bits per heavy atom. The van der Waals surface area contributed by atoms with Gasteiger partial charge in [-0.25, -0.2) is 9.78 Å². The molecule has 1 rings (SSSR count). The molecule has 1 heterocycles. The van der Waals surface area contributed by atoms with Crippen molar-refractivity contribution < 1.29 is 4.74 Å². The second-order valence-corrected chi connectivity index (χ2v) is 3.16. The molecule has 1 aromatic heterocycles. The summed E-state index contributed by atoms with van der Waals surface area (Å²) in [7, 11) is 1.59. The monoisotopic (exact) mass is 232 g/mol. The second-order valence-electron chi connectivity index (χ2n) is 2.24. The zero-order valence-corrected chi connectivity index (χ0v) is 8.24. The summed E-state index contributed by atoms with van der Waals surface area (Å²) in [6.45, 7) is 1.04. The van der Waals surface area contributed by atoms with Gasteiger partial charge in [0.25, 0.3) is 0 Å². The Morgan fingerprint density at radius 2 is 2.50 bits per heavy atom. The zero-order chi connectivity index (χ0) is 8.97. The number of methoxy groups -OCH3 is 1. The minimum Gasteiger partial charge on any atom is -0.383 e. The molecule has 12 heavy (non-hydrogen) atoms. The smallest absolute Gasteiger partial charge is 0.347 e. The van der Waals surface area contributed by atoms with Crippen molar-refractivity contribution in [3.8, 4) is 0 Å². The topological polar surface area (TPSA) is 44.1 Å². The van der Waals surface area contributed by atoms with Crippen molar-refractivity contribution in [2.75, 3.05) is 13.7 Å². The van der Waals surface area contributed by atoms with Crippen molar-refractivity contribution in [3.63, 3.8) is 0 Å². The first-order valence-electron chi connectivity index (χ1n) is 3.45. The predicted octanol–water partition coefficient (Wildman–Crippen LogP) is 0.652. The van der Waals surface area contributed by atoms with E-state index in [1.165, 1.54) is 10.8 Å². The minimum absolute atomic E-state index is 0.254. The lowest BCUT2D eigenvalue weighted by atomic mass is 10.6. The molecule has 0 N–H and O–H groups in total. The molecule has 0 radical (unpaired) electrons. The maximum Gasteiger partial charge on any atom is 0.347 e. The number of nitrogens with zero attached hydrogens (tertiary/aromatic N) is 2. The molecular weight excluding hydrogens is 224 g/mol. The summed E-state index contributed by atoms with van der Waals surface area (Å²) >= 11 is 3.23. The van der Waals surface area contributed by atoms with Gasteiger partial charge in [-0.3, -0.25) is 4.57 Å². The fraction of sp³-hybridized carbons (Fsp3) is 0.429. The van der Waals surface area contributed by atoms with Crippen LogP contribution in [0.1, 0.15) is 0 Å². The first-order chi connectivity index (χ1) is 5.74. The van der Waals surface area contributed by atoms with E-state index in [0.717, 1.165) is 4.47 Å². The quantitative estimate of drug-likeness (QED) is 0.769. The van der Waals surface area contributed by atoms with E-state index in [1.807, 2.05) is 0 Å². The molecule has 0 unspecified atom stereocenters. The highest BCUT2D eigenvalue weighted by Crippen LogP contribution is 2.02. The summed E-state index contributed by atoms with van der Waals surface area (Å²) in [6, 6.07) is 0. The van der Waals surface area contributed by atoms with E-state index in [4.69, 9.17) is 4.74 Å². The Kier molecular flexibility index (Phi) is 3.43. The van der Waals surface area contributed by atoms with Crippen LogP contribution in [0.2, 0.25) is 0 Å². The van der Waals surface area contributed by atoms with Gasteiger partial charge < -0.3 is 4.74 Å². The Hall–Kier alpha value is -0.680. The lowest BCUT2D eigenvalue weighted by Gasteiger charge is -2.02. The molecular formula is C7H9BrN2O2. The van der Waals surface area contributed by atoms with E-state index in [-0.39, 0.29) is 5.69 Å². The van der Waals surface area contributed by atoms with E-state index in [9.17, 15) is 4.79 Å². The van der Waals surface area contributed by atoms with E-state index in [2.05, 4.69) is 20.9 Å². The molecule has 0 spiro atoms. The Labute approximate surface area is 78.3 Å². The molecule has 66 valence electrons. The molecule has 0 aliphatic heterocycles. The van der Waals surface area contributed by atoms with Gasteiger partial charge in [-0.1, -0.05) is 0 Å². The van der Waals surface area contributed by atoms with Gasteiger partial charge in [0.2, 0.25) is 0 Å². The van der Waals surface area contributed by atoms with Gasteiger partial charge >= 0.3 is 5.69 Å². The third-order valence-corrected chi connectivity index (χ3v) is 1.77. The second kappa shape index (κ2) is 4.37. The molecule has 0 fully saturated rings. The van der Waals surface area contributed by atoms with Crippen molar-refractivity contribution in [1.29, 1.82) is 0 Å². The minimum atomic E-state index is -0.254. The maximum atomic E-state index is 11.1. The molecule has 0 atom stereocenters. The van der Waals surface area contributed by atoms with Gasteiger partial charge in [-0.15, -0.1) is 0 Å². The van der Waals surface area contributed by atoms with Crippen LogP contribution in [0.15, 0.2) is 21.7 Å². The molecule has 0 aliphatic carbocycles. The van der Waals surface area contributed by atoms with E-state index < -0.39 is 0 Å². The average Bonchev–Trinajstić information content (AvgIpc) is 2.07. The van der Waals surface area contributed by atoms with E-state index in [1.54, 1.807) is 13.3 Å².